The molecule has 0 aliphatic rings. The van der Waals surface area contributed by atoms with E-state index in [1.807, 2.05) is 12.4 Å². The number of aromatic amines is 2. The van der Waals surface area contributed by atoms with Gasteiger partial charge in [0.2, 0.25) is 0 Å². The molecule has 0 aliphatic heterocycles. The zero-order valence-electron chi connectivity index (χ0n) is 14.2. The zero-order chi connectivity index (χ0) is 17.2. The van der Waals surface area contributed by atoms with Crippen LogP contribution in [0.25, 0.3) is 0 Å². The first-order valence-electron chi connectivity index (χ1n) is 8.52. The average molecular weight is 406 g/mol. The molecule has 3 heteroatoms. The van der Waals surface area contributed by atoms with Crippen LogP contribution in [0.15, 0.2) is 97.3 Å². The summed E-state index contributed by atoms with van der Waals surface area (Å²) in [5.41, 5.74) is 2.83. The molecule has 2 heterocycles. The van der Waals surface area contributed by atoms with Crippen LogP contribution in [0, 0.1) is 0 Å². The van der Waals surface area contributed by atoms with Crippen molar-refractivity contribution >= 4 is 6.80 Å². The van der Waals surface area contributed by atoms with E-state index in [4.69, 9.17) is 0 Å². The van der Waals surface area contributed by atoms with E-state index < -0.39 is 23.2 Å². The van der Waals surface area contributed by atoms with E-state index in [1.165, 1.54) is 17.9 Å². The van der Waals surface area contributed by atoms with Gasteiger partial charge in [-0.15, -0.1) is 0 Å². The molecule has 0 fully saturated rings. The van der Waals surface area contributed by atoms with Gasteiger partial charge in [0, 0.05) is 0 Å². The largest absolute Gasteiger partial charge is 0.0622 e. The Morgan fingerprint density at radius 3 is 1.32 bits per heavy atom. The Kier molecular flexibility index (Phi) is 7.08. The molecule has 0 radical (unpaired) electrons. The monoisotopic (exact) mass is 404 g/mol. The van der Waals surface area contributed by atoms with Crippen molar-refractivity contribution in [3.05, 3.63) is 108 Å². The summed E-state index contributed by atoms with van der Waals surface area (Å²) in [6.45, 7) is 0. The number of benzene rings is 2. The van der Waals surface area contributed by atoms with Gasteiger partial charge in [-0.2, -0.15) is 0 Å². The summed E-state index contributed by atoms with van der Waals surface area (Å²) >= 11 is -0.534. The first-order chi connectivity index (χ1) is 12.4. The molecule has 2 nitrogen and oxygen atoms in total. The first kappa shape index (κ1) is 17.7. The minimum atomic E-state index is -0.534. The molecule has 0 unspecified atom stereocenters. The molecule has 0 aliphatic carbocycles. The van der Waals surface area contributed by atoms with Crippen molar-refractivity contribution in [2.24, 2.45) is 0 Å². The second-order valence-electron chi connectivity index (χ2n) is 5.76. The van der Waals surface area contributed by atoms with E-state index in [1.54, 1.807) is 0 Å². The van der Waals surface area contributed by atoms with Crippen molar-refractivity contribution < 1.29 is 23.2 Å². The third-order valence-corrected chi connectivity index (χ3v) is 6.71. The second-order valence-corrected chi connectivity index (χ2v) is 9.03. The van der Waals surface area contributed by atoms with Crippen LogP contribution in [-0.2, 0) is 36.1 Å². The van der Waals surface area contributed by atoms with E-state index in [2.05, 4.69) is 94.9 Å². The molecule has 0 bridgehead atoms. The predicted molar refractivity (Wildman–Crippen MR) is 101 cm³/mol. The minimum Gasteiger partial charge on any atom is -0.0622 e. The minimum absolute atomic E-state index is 0.534. The summed E-state index contributed by atoms with van der Waals surface area (Å²) < 4.78 is 2.83. The van der Waals surface area contributed by atoms with Crippen LogP contribution in [0.2, 0.25) is 0 Å². The quantitative estimate of drug-likeness (QED) is 0.505. The Balaban J connectivity index is 0.000000150. The van der Waals surface area contributed by atoms with Gasteiger partial charge in [0.15, 0.2) is 0 Å². The van der Waals surface area contributed by atoms with Gasteiger partial charge < -0.3 is 0 Å². The molecule has 0 atom stereocenters. The standard InChI is InChI=1S/C14H14.2C4H4N.Zr/c1-3-7-13(8-4-1)11-12-14-9-5-2-6-10-14;2*1-2-4-5-3-1;/h1-10H,11-12H2;2*1-3,5H;. The van der Waals surface area contributed by atoms with E-state index >= 15 is 0 Å². The Morgan fingerprint density at radius 1 is 0.520 bits per heavy atom. The molecular formula is C22H22N2Zr. The fourth-order valence-electron chi connectivity index (χ4n) is 2.54. The van der Waals surface area contributed by atoms with Crippen molar-refractivity contribution in [2.75, 3.05) is 0 Å². The molecule has 124 valence electrons. The number of nitrogens with one attached hydrogen (secondary N) is 2. The van der Waals surface area contributed by atoms with Crippen molar-refractivity contribution in [2.45, 2.75) is 12.8 Å². The Hall–Kier alpha value is -2.12. The molecule has 0 spiro atoms. The topological polar surface area (TPSA) is 31.6 Å². The van der Waals surface area contributed by atoms with Gasteiger partial charge >= 0.3 is 76.7 Å². The molecule has 4 aromatic rings. The van der Waals surface area contributed by atoms with Crippen molar-refractivity contribution in [3.63, 3.8) is 0 Å². The number of hydrogen-bond donors (Lipinski definition) is 2. The molecule has 2 aromatic heterocycles. The number of aryl methyl sites for hydroxylation is 2. The first-order valence-corrected chi connectivity index (χ1v) is 11.0. The van der Waals surface area contributed by atoms with Gasteiger partial charge in [-0.1, -0.05) is 60.7 Å². The van der Waals surface area contributed by atoms with Crippen molar-refractivity contribution in [1.82, 2.24) is 9.97 Å². The number of aromatic nitrogens is 2. The Bertz CT molecular complexity index is 735. The van der Waals surface area contributed by atoms with Crippen LogP contribution < -0.4 is 6.80 Å². The normalized spacial score (nSPS) is 9.92. The molecule has 2 N–H and O–H groups in total. The van der Waals surface area contributed by atoms with Gasteiger partial charge in [0.1, 0.15) is 0 Å². The van der Waals surface area contributed by atoms with Crippen LogP contribution in [0.4, 0.5) is 0 Å². The summed E-state index contributed by atoms with van der Waals surface area (Å²) in [5.74, 6) is 0. The van der Waals surface area contributed by atoms with Gasteiger partial charge in [0.25, 0.3) is 0 Å². The number of rotatable bonds is 5. The van der Waals surface area contributed by atoms with Crippen LogP contribution >= 0.6 is 0 Å². The molecule has 25 heavy (non-hydrogen) atoms. The molecule has 0 amide bonds. The maximum atomic E-state index is 3.23. The Labute approximate surface area is 160 Å². The van der Waals surface area contributed by atoms with E-state index in [0.717, 1.165) is 12.8 Å². The van der Waals surface area contributed by atoms with E-state index in [0.29, 0.717) is 0 Å². The third-order valence-electron chi connectivity index (χ3n) is 3.85. The number of H-pyrrole nitrogens is 2. The number of hydrogen-bond acceptors (Lipinski definition) is 0. The third kappa shape index (κ3) is 6.36. The summed E-state index contributed by atoms with van der Waals surface area (Å²) in [6, 6.07) is 29.7. The van der Waals surface area contributed by atoms with Gasteiger partial charge in [-0.05, 0) is 24.0 Å². The zero-order valence-corrected chi connectivity index (χ0v) is 16.6. The van der Waals surface area contributed by atoms with Crippen molar-refractivity contribution in [3.8, 4) is 0 Å². The summed E-state index contributed by atoms with van der Waals surface area (Å²) in [7, 11) is 0. The Morgan fingerprint density at radius 2 is 0.960 bits per heavy atom. The molecule has 0 saturated carbocycles. The van der Waals surface area contributed by atoms with Crippen LogP contribution in [0.1, 0.15) is 11.1 Å². The fourth-order valence-corrected chi connectivity index (χ4v) is 4.90. The molecular weight excluding hydrogens is 383 g/mol. The SMILES string of the molecule is c1c[nH][c]([Zr][c]2ccc[nH]2)c1.c1ccc(CCc2ccccc2)cc1. The maximum Gasteiger partial charge on any atom is -0.0238 e. The van der Waals surface area contributed by atoms with Gasteiger partial charge in [-0.25, -0.2) is 0 Å². The van der Waals surface area contributed by atoms with Crippen molar-refractivity contribution in [1.29, 1.82) is 0 Å². The van der Waals surface area contributed by atoms with Crippen LogP contribution in [0.3, 0.4) is 0 Å². The smallest absolute Gasteiger partial charge is 0.0238 e. The fraction of sp³-hybridized carbons (Fsp3) is 0.0909. The summed E-state index contributed by atoms with van der Waals surface area (Å²) in [4.78, 5) is 6.46. The van der Waals surface area contributed by atoms with Crippen LogP contribution in [0.5, 0.6) is 0 Å². The average Bonchev–Trinajstić information content (AvgIpc) is 3.37. The molecule has 4 rings (SSSR count). The summed E-state index contributed by atoms with van der Waals surface area (Å²) in [6.07, 6.45) is 6.23. The molecule has 0 saturated heterocycles. The summed E-state index contributed by atoms with van der Waals surface area (Å²) in [5, 5.41) is 0. The molecule has 2 aromatic carbocycles. The predicted octanol–water partition coefficient (Wildman–Crippen LogP) is 3.85. The maximum absolute atomic E-state index is 3.23. The van der Waals surface area contributed by atoms with E-state index in [-0.39, 0.29) is 0 Å². The second kappa shape index (κ2) is 10.0. The van der Waals surface area contributed by atoms with Gasteiger partial charge in [-0.3, -0.25) is 0 Å². The van der Waals surface area contributed by atoms with Gasteiger partial charge in [0.05, 0.1) is 0 Å². The van der Waals surface area contributed by atoms with Crippen LogP contribution in [-0.4, -0.2) is 9.97 Å². The van der Waals surface area contributed by atoms with E-state index in [9.17, 15) is 0 Å².